The molecule has 0 bridgehead atoms. The van der Waals surface area contributed by atoms with Crippen LogP contribution in [0.5, 0.6) is 0 Å². The maximum atomic E-state index is 13.3. The number of para-hydroxylation sites is 1. The van der Waals surface area contributed by atoms with Crippen LogP contribution in [-0.2, 0) is 0 Å². The molecule has 0 amide bonds. The molecule has 1 aliphatic heterocycles. The number of nitrogens with zero attached hydrogens (tertiary/aromatic N) is 4. The van der Waals surface area contributed by atoms with E-state index in [4.69, 9.17) is 0 Å². The van der Waals surface area contributed by atoms with Crippen LogP contribution in [0.1, 0.15) is 65.2 Å². The number of aryl methyl sites for hydroxylation is 1. The van der Waals surface area contributed by atoms with Crippen molar-refractivity contribution >= 4 is 29.3 Å². The molecule has 1 aromatic carbocycles. The number of rotatable bonds is 7. The van der Waals surface area contributed by atoms with Crippen molar-refractivity contribution < 1.29 is 9.59 Å². The van der Waals surface area contributed by atoms with Gasteiger partial charge in [-0.25, -0.2) is 0 Å². The van der Waals surface area contributed by atoms with Crippen LogP contribution in [0.3, 0.4) is 0 Å². The third kappa shape index (κ3) is 4.24. The SMILES string of the molecule is CC(=O)c1c(C)[nH]c(C(=O)C(C)Sc2nnc(N3CCCCC3)n2-c2ccccc2)c1C. The Labute approximate surface area is 192 Å². The first-order valence-electron chi connectivity index (χ1n) is 11.0. The first-order chi connectivity index (χ1) is 15.4. The average Bonchev–Trinajstić information content (AvgIpc) is 3.34. The van der Waals surface area contributed by atoms with Gasteiger partial charge >= 0.3 is 0 Å². The Morgan fingerprint density at radius 2 is 1.75 bits per heavy atom. The quantitative estimate of drug-likeness (QED) is 0.412. The van der Waals surface area contributed by atoms with E-state index in [1.54, 1.807) is 0 Å². The zero-order valence-corrected chi connectivity index (χ0v) is 19.8. The van der Waals surface area contributed by atoms with Crippen LogP contribution in [-0.4, -0.2) is 49.7 Å². The van der Waals surface area contributed by atoms with E-state index in [0.29, 0.717) is 22.0 Å². The molecule has 0 saturated carbocycles. The molecule has 0 aliphatic carbocycles. The van der Waals surface area contributed by atoms with Crippen molar-refractivity contribution in [2.75, 3.05) is 18.0 Å². The largest absolute Gasteiger partial charge is 0.355 e. The van der Waals surface area contributed by atoms with Crippen LogP contribution in [0.15, 0.2) is 35.5 Å². The average molecular weight is 452 g/mol. The molecule has 168 valence electrons. The molecular weight excluding hydrogens is 422 g/mol. The van der Waals surface area contributed by atoms with Crippen LogP contribution >= 0.6 is 11.8 Å². The summed E-state index contributed by atoms with van der Waals surface area (Å²) in [7, 11) is 0. The second-order valence-corrected chi connectivity index (χ2v) is 9.61. The summed E-state index contributed by atoms with van der Waals surface area (Å²) in [5.74, 6) is 0.736. The molecule has 1 atom stereocenters. The third-order valence-corrected chi connectivity index (χ3v) is 7.00. The molecule has 32 heavy (non-hydrogen) atoms. The maximum Gasteiger partial charge on any atom is 0.232 e. The van der Waals surface area contributed by atoms with Gasteiger partial charge in [0, 0.05) is 24.3 Å². The molecule has 4 rings (SSSR count). The normalized spacial score (nSPS) is 15.1. The Morgan fingerprint density at radius 3 is 2.38 bits per heavy atom. The number of aromatic amines is 1. The third-order valence-electron chi connectivity index (χ3n) is 5.96. The molecule has 3 aromatic rings. The molecule has 1 aliphatic rings. The Balaban J connectivity index is 1.65. The fraction of sp³-hybridized carbons (Fsp3) is 0.417. The molecule has 0 radical (unpaired) electrons. The number of Topliss-reactive ketones (excluding diaryl/α,β-unsaturated/α-hetero) is 2. The Hall–Kier alpha value is -2.87. The van der Waals surface area contributed by atoms with E-state index in [1.165, 1.54) is 25.1 Å². The van der Waals surface area contributed by atoms with Crippen molar-refractivity contribution in [3.63, 3.8) is 0 Å². The molecule has 1 saturated heterocycles. The Kier molecular flexibility index (Phi) is 6.50. The van der Waals surface area contributed by atoms with Crippen molar-refractivity contribution in [1.82, 2.24) is 19.7 Å². The van der Waals surface area contributed by atoms with E-state index < -0.39 is 5.25 Å². The number of benzene rings is 1. The lowest BCUT2D eigenvalue weighted by Gasteiger charge is -2.28. The molecule has 1 fully saturated rings. The van der Waals surface area contributed by atoms with Crippen molar-refractivity contribution in [2.45, 2.75) is 57.4 Å². The number of carbonyl (C=O) groups is 2. The van der Waals surface area contributed by atoms with E-state index in [-0.39, 0.29) is 11.6 Å². The number of ketones is 2. The molecular formula is C24H29N5O2S. The smallest absolute Gasteiger partial charge is 0.232 e. The predicted molar refractivity (Wildman–Crippen MR) is 127 cm³/mol. The highest BCUT2D eigenvalue weighted by molar-refractivity contribution is 8.00. The number of piperidine rings is 1. The van der Waals surface area contributed by atoms with Gasteiger partial charge in [0.25, 0.3) is 0 Å². The maximum absolute atomic E-state index is 13.3. The molecule has 2 aromatic heterocycles. The molecule has 7 nitrogen and oxygen atoms in total. The fourth-order valence-electron chi connectivity index (χ4n) is 4.38. The molecule has 3 heterocycles. The van der Waals surface area contributed by atoms with Gasteiger partial charge in [-0.2, -0.15) is 0 Å². The van der Waals surface area contributed by atoms with Gasteiger partial charge in [-0.15, -0.1) is 10.2 Å². The second-order valence-electron chi connectivity index (χ2n) is 8.31. The van der Waals surface area contributed by atoms with Gasteiger partial charge in [0.1, 0.15) is 0 Å². The number of aromatic nitrogens is 4. The van der Waals surface area contributed by atoms with E-state index >= 15 is 0 Å². The summed E-state index contributed by atoms with van der Waals surface area (Å²) >= 11 is 1.39. The van der Waals surface area contributed by atoms with Crippen molar-refractivity contribution in [3.05, 3.63) is 52.8 Å². The van der Waals surface area contributed by atoms with E-state index in [2.05, 4.69) is 20.1 Å². The lowest BCUT2D eigenvalue weighted by atomic mass is 10.0. The zero-order chi connectivity index (χ0) is 22.8. The summed E-state index contributed by atoms with van der Waals surface area (Å²) in [5.41, 5.74) is 3.52. The number of H-pyrrole nitrogens is 1. The van der Waals surface area contributed by atoms with Gasteiger partial charge < -0.3 is 9.88 Å². The number of thioether (sulfide) groups is 1. The number of hydrogen-bond donors (Lipinski definition) is 1. The molecule has 1 unspecified atom stereocenters. The van der Waals surface area contributed by atoms with Gasteiger partial charge in [0.15, 0.2) is 16.7 Å². The number of hydrogen-bond acceptors (Lipinski definition) is 6. The fourth-order valence-corrected chi connectivity index (χ4v) is 5.30. The zero-order valence-electron chi connectivity index (χ0n) is 19.0. The summed E-state index contributed by atoms with van der Waals surface area (Å²) < 4.78 is 2.05. The predicted octanol–water partition coefficient (Wildman–Crippen LogP) is 4.77. The van der Waals surface area contributed by atoms with Crippen LogP contribution < -0.4 is 4.90 Å². The standard InChI is InChI=1S/C24H29N5O2S/c1-15-20(17(3)30)16(2)25-21(15)22(31)18(4)32-24-27-26-23(28-13-9-6-10-14-28)29(24)19-11-7-5-8-12-19/h5,7-8,11-12,18,25H,6,9-10,13-14H2,1-4H3. The minimum Gasteiger partial charge on any atom is -0.355 e. The van der Waals surface area contributed by atoms with Crippen LogP contribution in [0.2, 0.25) is 0 Å². The summed E-state index contributed by atoms with van der Waals surface area (Å²) in [6, 6.07) is 10.0. The minimum atomic E-state index is -0.396. The van der Waals surface area contributed by atoms with E-state index in [1.807, 2.05) is 55.7 Å². The summed E-state index contributed by atoms with van der Waals surface area (Å²) in [6.07, 6.45) is 3.52. The summed E-state index contributed by atoms with van der Waals surface area (Å²) in [6.45, 7) is 8.97. The summed E-state index contributed by atoms with van der Waals surface area (Å²) in [5, 5.41) is 9.28. The van der Waals surface area contributed by atoms with E-state index in [0.717, 1.165) is 43.3 Å². The first kappa shape index (κ1) is 22.3. The lowest BCUT2D eigenvalue weighted by Crippen LogP contribution is -2.31. The minimum absolute atomic E-state index is 0.0365. The van der Waals surface area contributed by atoms with Crippen molar-refractivity contribution in [1.29, 1.82) is 0 Å². The molecule has 0 spiro atoms. The van der Waals surface area contributed by atoms with E-state index in [9.17, 15) is 9.59 Å². The summed E-state index contributed by atoms with van der Waals surface area (Å²) in [4.78, 5) is 30.7. The van der Waals surface area contributed by atoms with Crippen LogP contribution in [0.25, 0.3) is 5.69 Å². The number of anilines is 1. The van der Waals surface area contributed by atoms with Gasteiger partial charge in [0.05, 0.1) is 16.6 Å². The number of carbonyl (C=O) groups excluding carboxylic acids is 2. The lowest BCUT2D eigenvalue weighted by molar-refractivity contribution is 0.0988. The highest BCUT2D eigenvalue weighted by Crippen LogP contribution is 2.32. The second kappa shape index (κ2) is 9.32. The monoisotopic (exact) mass is 451 g/mol. The first-order valence-corrected chi connectivity index (χ1v) is 11.9. The Bertz CT molecular complexity index is 1130. The van der Waals surface area contributed by atoms with Gasteiger partial charge in [-0.3, -0.25) is 14.2 Å². The Morgan fingerprint density at radius 1 is 1.06 bits per heavy atom. The topological polar surface area (TPSA) is 83.9 Å². The van der Waals surface area contributed by atoms with Crippen LogP contribution in [0.4, 0.5) is 5.95 Å². The van der Waals surface area contributed by atoms with Gasteiger partial charge in [0.2, 0.25) is 5.95 Å². The number of nitrogens with one attached hydrogen (secondary N) is 1. The molecule has 8 heteroatoms. The van der Waals surface area contributed by atoms with Crippen molar-refractivity contribution in [2.24, 2.45) is 0 Å². The molecule has 1 N–H and O–H groups in total. The van der Waals surface area contributed by atoms with Gasteiger partial charge in [-0.1, -0.05) is 30.0 Å². The van der Waals surface area contributed by atoms with Gasteiger partial charge in [-0.05, 0) is 64.7 Å². The highest BCUT2D eigenvalue weighted by atomic mass is 32.2. The highest BCUT2D eigenvalue weighted by Gasteiger charge is 2.28. The van der Waals surface area contributed by atoms with Crippen LogP contribution in [0, 0.1) is 13.8 Å². The van der Waals surface area contributed by atoms with Crippen molar-refractivity contribution in [3.8, 4) is 5.69 Å².